The van der Waals surface area contributed by atoms with Crippen molar-refractivity contribution in [3.8, 4) is 11.4 Å². The normalized spacial score (nSPS) is 28.2. The van der Waals surface area contributed by atoms with Crippen molar-refractivity contribution in [2.45, 2.75) is 18.2 Å². The fourth-order valence-electron chi connectivity index (χ4n) is 6.70. The summed E-state index contributed by atoms with van der Waals surface area (Å²) in [5.74, 6) is -1.24. The van der Waals surface area contributed by atoms with Crippen LogP contribution in [0, 0.1) is 17.8 Å². The van der Waals surface area contributed by atoms with Crippen molar-refractivity contribution in [1.82, 2.24) is 15.0 Å². The van der Waals surface area contributed by atoms with E-state index in [0.717, 1.165) is 11.4 Å². The van der Waals surface area contributed by atoms with Gasteiger partial charge in [-0.25, -0.2) is 4.90 Å². The van der Waals surface area contributed by atoms with Crippen LogP contribution in [0.4, 0.5) is 11.4 Å². The van der Waals surface area contributed by atoms with Crippen molar-refractivity contribution in [3.63, 3.8) is 0 Å². The average molecular weight is 533 g/mol. The van der Waals surface area contributed by atoms with Crippen LogP contribution in [0.25, 0.3) is 5.69 Å². The minimum atomic E-state index is -0.592. The van der Waals surface area contributed by atoms with Crippen LogP contribution >= 0.6 is 0 Å². The highest BCUT2D eigenvalue weighted by Gasteiger charge is 2.72. The number of hydrogen-bond donors (Lipinski definition) is 0. The van der Waals surface area contributed by atoms with Crippen molar-refractivity contribution in [2.24, 2.45) is 22.9 Å². The number of anilines is 2. The standard InChI is InChI=1S/C30H24N6O4/c1-39-20-14-12-17(13-15-20)34-29(37)22-23(30(34)38)28-26-24(27(22)40-28)25(33-35(26)18-8-4-2-5-9-18)21-16-31-36(32-21)19-10-6-3-7-11-19/h2-16,22-24,26-28H,1H3/t22-,23+,24+,26-,27-,28+/m1/s1. The third kappa shape index (κ3) is 3.16. The van der Waals surface area contributed by atoms with E-state index in [0.29, 0.717) is 22.8 Å². The maximum atomic E-state index is 13.8. The van der Waals surface area contributed by atoms with Gasteiger partial charge in [-0.15, -0.1) is 5.10 Å². The Balaban J connectivity index is 1.19. The number of carbonyl (C=O) groups excluding carboxylic acids is 2. The summed E-state index contributed by atoms with van der Waals surface area (Å²) in [5, 5.41) is 16.2. The highest BCUT2D eigenvalue weighted by atomic mass is 16.5. The highest BCUT2D eigenvalue weighted by Crippen LogP contribution is 2.56. The first kappa shape index (κ1) is 23.1. The lowest BCUT2D eigenvalue weighted by Crippen LogP contribution is -2.50. The molecule has 3 fully saturated rings. The third-order valence-electron chi connectivity index (χ3n) is 8.39. The lowest BCUT2D eigenvalue weighted by atomic mass is 9.70. The summed E-state index contributed by atoms with van der Waals surface area (Å²) in [6.45, 7) is 0. The molecule has 10 nitrogen and oxygen atoms in total. The Labute approximate surface area is 229 Å². The molecule has 3 aromatic carbocycles. The number of carbonyl (C=O) groups is 2. The molecule has 0 saturated carbocycles. The van der Waals surface area contributed by atoms with Crippen molar-refractivity contribution in [2.75, 3.05) is 17.0 Å². The second kappa shape index (κ2) is 8.59. The summed E-state index contributed by atoms with van der Waals surface area (Å²) in [5.41, 5.74) is 3.59. The summed E-state index contributed by atoms with van der Waals surface area (Å²) in [6, 6.07) is 26.2. The number of fused-ring (bicyclic) bond motifs is 8. The number of imide groups is 1. The van der Waals surface area contributed by atoms with Gasteiger partial charge >= 0.3 is 0 Å². The van der Waals surface area contributed by atoms with Crippen LogP contribution < -0.4 is 14.6 Å². The van der Waals surface area contributed by atoms with Gasteiger partial charge in [0.25, 0.3) is 0 Å². The van der Waals surface area contributed by atoms with Gasteiger partial charge in [-0.05, 0) is 48.5 Å². The van der Waals surface area contributed by atoms with E-state index in [1.807, 2.05) is 65.7 Å². The first-order valence-electron chi connectivity index (χ1n) is 13.2. The van der Waals surface area contributed by atoms with Crippen LogP contribution in [0.15, 0.2) is 96.2 Å². The van der Waals surface area contributed by atoms with Crippen LogP contribution in [0.5, 0.6) is 5.75 Å². The smallest absolute Gasteiger partial charge is 0.240 e. The number of aromatic nitrogens is 3. The molecule has 2 bridgehead atoms. The number of rotatable bonds is 5. The summed E-state index contributed by atoms with van der Waals surface area (Å²) in [4.78, 5) is 30.5. The van der Waals surface area contributed by atoms with Crippen LogP contribution in [0.3, 0.4) is 0 Å². The number of hydrazone groups is 1. The molecule has 3 saturated heterocycles. The van der Waals surface area contributed by atoms with Gasteiger partial charge in [0.15, 0.2) is 0 Å². The summed E-state index contributed by atoms with van der Waals surface area (Å²) < 4.78 is 11.7. The molecule has 10 heteroatoms. The molecule has 2 amide bonds. The molecule has 4 aliphatic heterocycles. The van der Waals surface area contributed by atoms with Gasteiger partial charge in [-0.3, -0.25) is 14.6 Å². The number of nitrogens with zero attached hydrogens (tertiary/aromatic N) is 6. The zero-order chi connectivity index (χ0) is 27.0. The minimum absolute atomic E-state index is 0.234. The molecule has 1 aromatic heterocycles. The largest absolute Gasteiger partial charge is 0.497 e. The quantitative estimate of drug-likeness (QED) is 0.364. The number of amides is 2. The Morgan fingerprint density at radius 2 is 1.40 bits per heavy atom. The van der Waals surface area contributed by atoms with Crippen molar-refractivity contribution < 1.29 is 19.1 Å². The molecule has 5 heterocycles. The first-order chi connectivity index (χ1) is 19.6. The monoisotopic (exact) mass is 532 g/mol. The van der Waals surface area contributed by atoms with Crippen LogP contribution in [-0.4, -0.2) is 57.9 Å². The fraction of sp³-hybridized carbons (Fsp3) is 0.233. The third-order valence-corrected chi connectivity index (χ3v) is 8.39. The van der Waals surface area contributed by atoms with Gasteiger partial charge in [0, 0.05) is 0 Å². The lowest BCUT2D eigenvalue weighted by molar-refractivity contribution is -0.125. The molecule has 40 heavy (non-hydrogen) atoms. The number of methoxy groups -OCH3 is 1. The molecular formula is C30H24N6O4. The SMILES string of the molecule is COc1ccc(N2C(=O)[C@@H]3[C@@H]4O[C@@H]([C@H]5C(c6cnn(-c7ccccc7)n6)=NN(c6ccccc6)[C@@H]45)[C@@H]3C2=O)cc1. The molecule has 0 spiro atoms. The molecule has 4 aliphatic rings. The maximum Gasteiger partial charge on any atom is 0.240 e. The highest BCUT2D eigenvalue weighted by molar-refractivity contribution is 6.23. The summed E-state index contributed by atoms with van der Waals surface area (Å²) >= 11 is 0. The Kier molecular flexibility index (Phi) is 4.96. The van der Waals surface area contributed by atoms with Crippen LogP contribution in [0.2, 0.25) is 0 Å². The molecular weight excluding hydrogens is 508 g/mol. The molecule has 0 N–H and O–H groups in total. The van der Waals surface area contributed by atoms with Crippen LogP contribution in [0.1, 0.15) is 5.69 Å². The minimum Gasteiger partial charge on any atom is -0.497 e. The predicted molar refractivity (Wildman–Crippen MR) is 145 cm³/mol. The maximum absolute atomic E-state index is 13.8. The van der Waals surface area contributed by atoms with Gasteiger partial charge in [-0.1, -0.05) is 36.4 Å². The van der Waals surface area contributed by atoms with Crippen LogP contribution in [-0.2, 0) is 14.3 Å². The van der Waals surface area contributed by atoms with E-state index in [2.05, 4.69) is 5.10 Å². The zero-order valence-corrected chi connectivity index (χ0v) is 21.4. The van der Waals surface area contributed by atoms with E-state index in [1.54, 1.807) is 42.4 Å². The van der Waals surface area contributed by atoms with Gasteiger partial charge in [0.05, 0.1) is 72.1 Å². The fourth-order valence-corrected chi connectivity index (χ4v) is 6.70. The van der Waals surface area contributed by atoms with Gasteiger partial charge in [0.1, 0.15) is 11.4 Å². The first-order valence-corrected chi connectivity index (χ1v) is 13.2. The zero-order valence-electron chi connectivity index (χ0n) is 21.4. The second-order valence-electron chi connectivity index (χ2n) is 10.4. The topological polar surface area (TPSA) is 102 Å². The lowest BCUT2D eigenvalue weighted by Gasteiger charge is -2.32. The Hall–Kier alpha value is -4.83. The molecule has 0 radical (unpaired) electrons. The molecule has 0 aliphatic carbocycles. The number of para-hydroxylation sites is 2. The van der Waals surface area contributed by atoms with E-state index >= 15 is 0 Å². The van der Waals surface area contributed by atoms with Crippen molar-refractivity contribution >= 4 is 28.9 Å². The molecule has 8 rings (SSSR count). The number of ether oxygens (including phenoxy) is 2. The summed E-state index contributed by atoms with van der Waals surface area (Å²) in [6.07, 6.45) is 0.700. The second-order valence-corrected chi connectivity index (χ2v) is 10.4. The molecule has 198 valence electrons. The summed E-state index contributed by atoms with van der Waals surface area (Å²) in [7, 11) is 1.58. The predicted octanol–water partition coefficient (Wildman–Crippen LogP) is 3.07. The van der Waals surface area contributed by atoms with Crippen molar-refractivity contribution in [3.05, 3.63) is 96.8 Å². The van der Waals surface area contributed by atoms with Gasteiger partial charge in [0.2, 0.25) is 11.8 Å². The van der Waals surface area contributed by atoms with Gasteiger partial charge in [-0.2, -0.15) is 15.0 Å². The van der Waals surface area contributed by atoms with Gasteiger partial charge < -0.3 is 9.47 Å². The number of hydrogen-bond acceptors (Lipinski definition) is 8. The van der Waals surface area contributed by atoms with Crippen molar-refractivity contribution in [1.29, 1.82) is 0 Å². The average Bonchev–Trinajstić information content (AvgIpc) is 3.81. The Morgan fingerprint density at radius 3 is 2.08 bits per heavy atom. The van der Waals surface area contributed by atoms with E-state index in [-0.39, 0.29) is 23.8 Å². The number of benzene rings is 3. The van der Waals surface area contributed by atoms with E-state index < -0.39 is 24.0 Å². The van der Waals surface area contributed by atoms with E-state index in [4.69, 9.17) is 19.7 Å². The van der Waals surface area contributed by atoms with E-state index in [1.165, 1.54) is 4.90 Å². The Bertz CT molecular complexity index is 1650. The molecule has 6 atom stereocenters. The molecule has 0 unspecified atom stereocenters. The Morgan fingerprint density at radius 1 is 0.750 bits per heavy atom. The molecule has 4 aromatic rings. The van der Waals surface area contributed by atoms with E-state index in [9.17, 15) is 9.59 Å².